The van der Waals surface area contributed by atoms with Crippen LogP contribution in [0.2, 0.25) is 0 Å². The van der Waals surface area contributed by atoms with Crippen LogP contribution in [0.4, 0.5) is 0 Å². The second kappa shape index (κ2) is 5.13. The number of nitrogens with one attached hydrogen (secondary N) is 1. The number of hydrogen-bond donors (Lipinski definition) is 1. The molecule has 1 aromatic rings. The van der Waals surface area contributed by atoms with Crippen molar-refractivity contribution >= 4 is 5.91 Å². The van der Waals surface area contributed by atoms with Gasteiger partial charge in [0.1, 0.15) is 0 Å². The lowest BCUT2D eigenvalue weighted by molar-refractivity contribution is 0.0541. The summed E-state index contributed by atoms with van der Waals surface area (Å²) in [4.78, 5) is 14.6. The first-order chi connectivity index (χ1) is 9.90. The van der Waals surface area contributed by atoms with Crippen LogP contribution < -0.4 is 5.32 Å². The molecule has 0 bridgehead atoms. The Labute approximate surface area is 127 Å². The van der Waals surface area contributed by atoms with Gasteiger partial charge in [0.2, 0.25) is 0 Å². The Balaban J connectivity index is 1.65. The smallest absolute Gasteiger partial charge is 0.253 e. The van der Waals surface area contributed by atoms with Gasteiger partial charge in [0.05, 0.1) is 0 Å². The zero-order chi connectivity index (χ0) is 15.1. The Morgan fingerprint density at radius 1 is 1.10 bits per heavy atom. The summed E-state index contributed by atoms with van der Waals surface area (Å²) in [5.74, 6) is 0.185. The molecule has 2 aliphatic heterocycles. The van der Waals surface area contributed by atoms with Gasteiger partial charge in [-0.05, 0) is 48.9 Å². The number of piperidine rings is 1. The molecule has 0 radical (unpaired) electrons. The number of carbonyl (C=O) groups is 1. The molecule has 3 heteroatoms. The van der Waals surface area contributed by atoms with Gasteiger partial charge in [-0.3, -0.25) is 4.79 Å². The van der Waals surface area contributed by atoms with E-state index in [2.05, 4.69) is 38.2 Å². The van der Waals surface area contributed by atoms with Crippen molar-refractivity contribution in [3.8, 4) is 0 Å². The topological polar surface area (TPSA) is 32.3 Å². The number of nitrogens with zero attached hydrogens (tertiary/aromatic N) is 1. The molecule has 1 aromatic carbocycles. The fourth-order valence-electron chi connectivity index (χ4n) is 3.34. The van der Waals surface area contributed by atoms with E-state index in [1.54, 1.807) is 0 Å². The van der Waals surface area contributed by atoms with Crippen molar-refractivity contribution in [2.45, 2.75) is 51.0 Å². The van der Waals surface area contributed by atoms with Crippen molar-refractivity contribution in [1.29, 1.82) is 0 Å². The van der Waals surface area contributed by atoms with Crippen LogP contribution >= 0.6 is 0 Å². The highest BCUT2D eigenvalue weighted by atomic mass is 16.2. The standard InChI is InChI=1S/C18H26N2O/c1-17(2,3)15-6-4-14(5-7-15)16(21)20-12-9-18(10-13-20)8-11-19-18/h4-7,19H,8-13H2,1-3H3. The molecule has 114 valence electrons. The monoisotopic (exact) mass is 286 g/mol. The van der Waals surface area contributed by atoms with Gasteiger partial charge in [0, 0.05) is 24.2 Å². The highest BCUT2D eigenvalue weighted by molar-refractivity contribution is 5.94. The van der Waals surface area contributed by atoms with Crippen molar-refractivity contribution in [1.82, 2.24) is 10.2 Å². The van der Waals surface area contributed by atoms with Crippen LogP contribution in [0.1, 0.15) is 56.0 Å². The van der Waals surface area contributed by atoms with E-state index in [-0.39, 0.29) is 11.3 Å². The first-order valence-corrected chi connectivity index (χ1v) is 8.05. The van der Waals surface area contributed by atoms with Gasteiger partial charge < -0.3 is 10.2 Å². The molecule has 0 aromatic heterocycles. The lowest BCUT2D eigenvalue weighted by Gasteiger charge is -2.48. The maximum Gasteiger partial charge on any atom is 0.253 e. The van der Waals surface area contributed by atoms with Crippen LogP contribution in [0.15, 0.2) is 24.3 Å². The third kappa shape index (κ3) is 2.84. The van der Waals surface area contributed by atoms with E-state index < -0.39 is 0 Å². The maximum absolute atomic E-state index is 12.6. The fraction of sp³-hybridized carbons (Fsp3) is 0.611. The maximum atomic E-state index is 12.6. The molecule has 2 fully saturated rings. The van der Waals surface area contributed by atoms with Crippen molar-refractivity contribution in [3.05, 3.63) is 35.4 Å². The average Bonchev–Trinajstić information content (AvgIpc) is 2.44. The third-order valence-electron chi connectivity index (χ3n) is 5.11. The normalized spacial score (nSPS) is 21.2. The molecule has 0 atom stereocenters. The predicted molar refractivity (Wildman–Crippen MR) is 85.6 cm³/mol. The summed E-state index contributed by atoms with van der Waals surface area (Å²) >= 11 is 0. The molecular weight excluding hydrogens is 260 g/mol. The third-order valence-corrected chi connectivity index (χ3v) is 5.11. The van der Waals surface area contributed by atoms with Crippen LogP contribution in [-0.2, 0) is 5.41 Å². The Kier molecular flexibility index (Phi) is 3.56. The molecule has 1 spiro atoms. The van der Waals surface area contributed by atoms with Crippen LogP contribution in [0.25, 0.3) is 0 Å². The van der Waals surface area contributed by atoms with E-state index in [1.165, 1.54) is 12.0 Å². The Morgan fingerprint density at radius 2 is 1.67 bits per heavy atom. The minimum absolute atomic E-state index is 0.134. The Hall–Kier alpha value is -1.35. The van der Waals surface area contributed by atoms with Crippen LogP contribution in [0.5, 0.6) is 0 Å². The SMILES string of the molecule is CC(C)(C)c1ccc(C(=O)N2CCC3(CCN3)CC2)cc1. The van der Waals surface area contributed by atoms with E-state index in [4.69, 9.17) is 0 Å². The lowest BCUT2D eigenvalue weighted by atomic mass is 9.79. The molecule has 2 saturated heterocycles. The van der Waals surface area contributed by atoms with Crippen molar-refractivity contribution in [2.75, 3.05) is 19.6 Å². The number of likely N-dealkylation sites (tertiary alicyclic amines) is 1. The van der Waals surface area contributed by atoms with Crippen LogP contribution in [0, 0.1) is 0 Å². The summed E-state index contributed by atoms with van der Waals surface area (Å²) in [6, 6.07) is 8.14. The first-order valence-electron chi connectivity index (χ1n) is 8.05. The molecule has 3 rings (SSSR count). The fourth-order valence-corrected chi connectivity index (χ4v) is 3.34. The number of rotatable bonds is 1. The lowest BCUT2D eigenvalue weighted by Crippen LogP contribution is -2.62. The number of hydrogen-bond acceptors (Lipinski definition) is 2. The first kappa shape index (κ1) is 14.6. The Bertz CT molecular complexity index is 513. The van der Waals surface area contributed by atoms with Gasteiger partial charge in [-0.25, -0.2) is 0 Å². The van der Waals surface area contributed by atoms with E-state index in [0.29, 0.717) is 5.54 Å². The average molecular weight is 286 g/mol. The van der Waals surface area contributed by atoms with Crippen LogP contribution in [0.3, 0.4) is 0 Å². The summed E-state index contributed by atoms with van der Waals surface area (Å²) in [7, 11) is 0. The molecule has 1 amide bonds. The largest absolute Gasteiger partial charge is 0.339 e. The summed E-state index contributed by atoms with van der Waals surface area (Å²) in [5, 5.41) is 3.55. The van der Waals surface area contributed by atoms with Crippen LogP contribution in [-0.4, -0.2) is 36.0 Å². The van der Waals surface area contributed by atoms with Gasteiger partial charge in [-0.15, -0.1) is 0 Å². The highest BCUT2D eigenvalue weighted by Gasteiger charge is 2.40. The zero-order valence-corrected chi connectivity index (χ0v) is 13.4. The molecule has 0 unspecified atom stereocenters. The summed E-state index contributed by atoms with van der Waals surface area (Å²) < 4.78 is 0. The minimum atomic E-state index is 0.134. The number of amides is 1. The van der Waals surface area contributed by atoms with E-state index >= 15 is 0 Å². The van der Waals surface area contributed by atoms with E-state index in [1.807, 2.05) is 17.0 Å². The van der Waals surface area contributed by atoms with Crippen molar-refractivity contribution in [2.24, 2.45) is 0 Å². The molecule has 0 saturated carbocycles. The summed E-state index contributed by atoms with van der Waals surface area (Å²) in [6.45, 7) is 9.49. The van der Waals surface area contributed by atoms with Gasteiger partial charge in [0.15, 0.2) is 0 Å². The molecule has 1 N–H and O–H groups in total. The zero-order valence-electron chi connectivity index (χ0n) is 13.4. The number of benzene rings is 1. The minimum Gasteiger partial charge on any atom is -0.339 e. The second-order valence-electron chi connectivity index (χ2n) is 7.58. The van der Waals surface area contributed by atoms with E-state index in [0.717, 1.165) is 38.0 Å². The van der Waals surface area contributed by atoms with Gasteiger partial charge in [0.25, 0.3) is 5.91 Å². The van der Waals surface area contributed by atoms with Crippen molar-refractivity contribution < 1.29 is 4.79 Å². The summed E-state index contributed by atoms with van der Waals surface area (Å²) in [5.41, 5.74) is 2.58. The second-order valence-corrected chi connectivity index (χ2v) is 7.58. The molecule has 0 aliphatic carbocycles. The summed E-state index contributed by atoms with van der Waals surface area (Å²) in [6.07, 6.45) is 3.47. The van der Waals surface area contributed by atoms with Crippen molar-refractivity contribution in [3.63, 3.8) is 0 Å². The predicted octanol–water partition coefficient (Wildman–Crippen LogP) is 2.95. The molecular formula is C18H26N2O. The molecule has 2 aliphatic rings. The van der Waals surface area contributed by atoms with Gasteiger partial charge in [-0.1, -0.05) is 32.9 Å². The molecule has 21 heavy (non-hydrogen) atoms. The highest BCUT2D eigenvalue weighted by Crippen LogP contribution is 2.31. The van der Waals surface area contributed by atoms with Gasteiger partial charge in [-0.2, -0.15) is 0 Å². The quantitative estimate of drug-likeness (QED) is 0.861. The van der Waals surface area contributed by atoms with E-state index in [9.17, 15) is 4.79 Å². The molecule has 3 nitrogen and oxygen atoms in total. The number of carbonyl (C=O) groups excluding carboxylic acids is 1. The van der Waals surface area contributed by atoms with Gasteiger partial charge >= 0.3 is 0 Å². The Morgan fingerprint density at radius 3 is 2.10 bits per heavy atom. The molecule has 2 heterocycles.